The molecule has 1 aliphatic carbocycles. The molecule has 3 amide bonds. The Morgan fingerprint density at radius 1 is 1.21 bits per heavy atom. The molecule has 0 bridgehead atoms. The minimum absolute atomic E-state index is 0.0217. The molecular weight excluding hydrogens is 498 g/mol. The van der Waals surface area contributed by atoms with E-state index in [0.29, 0.717) is 57.4 Å². The summed E-state index contributed by atoms with van der Waals surface area (Å²) in [6.07, 6.45) is 1.42. The second kappa shape index (κ2) is 10.00. The fourth-order valence-electron chi connectivity index (χ4n) is 5.49. The Bertz CT molecular complexity index is 1410. The lowest BCUT2D eigenvalue weighted by molar-refractivity contribution is -0.122. The molecule has 204 valence electrons. The van der Waals surface area contributed by atoms with Crippen LogP contribution in [-0.4, -0.2) is 59.4 Å². The molecule has 2 fully saturated rings. The van der Waals surface area contributed by atoms with Crippen LogP contribution in [-0.2, 0) is 29.0 Å². The smallest absolute Gasteiger partial charge is 0.318 e. The minimum Gasteiger partial charge on any atom is -0.497 e. The maximum absolute atomic E-state index is 13.2. The molecule has 1 saturated heterocycles. The molecule has 0 radical (unpaired) electrons. The lowest BCUT2D eigenvalue weighted by atomic mass is 9.87. The first-order valence-electron chi connectivity index (χ1n) is 13.3. The largest absolute Gasteiger partial charge is 0.497 e. The van der Waals surface area contributed by atoms with E-state index in [4.69, 9.17) is 14.0 Å². The van der Waals surface area contributed by atoms with Crippen LogP contribution in [0.4, 0.5) is 4.79 Å². The van der Waals surface area contributed by atoms with Crippen molar-refractivity contribution in [3.63, 3.8) is 0 Å². The zero-order valence-electron chi connectivity index (χ0n) is 22.5. The van der Waals surface area contributed by atoms with Crippen molar-refractivity contribution in [1.82, 2.24) is 25.7 Å². The number of aryl methyl sites for hydroxylation is 1. The highest BCUT2D eigenvalue weighted by Crippen LogP contribution is 2.47. The van der Waals surface area contributed by atoms with Crippen molar-refractivity contribution in [3.8, 4) is 16.9 Å². The van der Waals surface area contributed by atoms with E-state index >= 15 is 0 Å². The molecule has 6 rings (SSSR count). The lowest BCUT2D eigenvalue weighted by Crippen LogP contribution is -2.62. The van der Waals surface area contributed by atoms with Crippen molar-refractivity contribution in [2.75, 3.05) is 26.9 Å². The molecule has 2 N–H and O–H groups in total. The first-order valence-corrected chi connectivity index (χ1v) is 13.3. The van der Waals surface area contributed by atoms with E-state index in [1.54, 1.807) is 14.0 Å². The van der Waals surface area contributed by atoms with E-state index in [2.05, 4.69) is 39.0 Å². The SMILES string of the molecule is COc1cccc(-c2ccc(CNC(=O)[C@@H]3C[C@@H]3c3nc(C)no3)c3c2CCN(C(=O)NC2(C)COC2)C3)c1. The predicted molar refractivity (Wildman–Crippen MR) is 142 cm³/mol. The van der Waals surface area contributed by atoms with Gasteiger partial charge in [0.25, 0.3) is 0 Å². The Labute approximate surface area is 227 Å². The summed E-state index contributed by atoms with van der Waals surface area (Å²) in [6, 6.07) is 12.1. The van der Waals surface area contributed by atoms with Gasteiger partial charge >= 0.3 is 6.03 Å². The Morgan fingerprint density at radius 3 is 2.77 bits per heavy atom. The molecule has 1 aromatic heterocycles. The molecule has 0 spiro atoms. The van der Waals surface area contributed by atoms with Crippen LogP contribution in [0.25, 0.3) is 11.1 Å². The summed E-state index contributed by atoms with van der Waals surface area (Å²) in [6.45, 7) is 6.26. The maximum Gasteiger partial charge on any atom is 0.318 e. The van der Waals surface area contributed by atoms with Crippen LogP contribution in [0.5, 0.6) is 5.75 Å². The summed E-state index contributed by atoms with van der Waals surface area (Å²) in [5, 5.41) is 10.1. The summed E-state index contributed by atoms with van der Waals surface area (Å²) in [7, 11) is 1.66. The minimum atomic E-state index is -0.325. The number of nitrogens with one attached hydrogen (secondary N) is 2. The third kappa shape index (κ3) is 5.08. The lowest BCUT2D eigenvalue weighted by Gasteiger charge is -2.41. The Kier molecular flexibility index (Phi) is 6.50. The summed E-state index contributed by atoms with van der Waals surface area (Å²) < 4.78 is 16.0. The van der Waals surface area contributed by atoms with Crippen molar-refractivity contribution in [2.45, 2.75) is 51.2 Å². The number of hydrogen-bond acceptors (Lipinski definition) is 7. The van der Waals surface area contributed by atoms with E-state index in [0.717, 1.165) is 28.0 Å². The van der Waals surface area contributed by atoms with E-state index < -0.39 is 0 Å². The number of benzene rings is 2. The average Bonchev–Trinajstić information content (AvgIpc) is 3.62. The predicted octanol–water partition coefficient (Wildman–Crippen LogP) is 3.33. The molecule has 2 aliphatic heterocycles. The van der Waals surface area contributed by atoms with Gasteiger partial charge < -0.3 is 29.5 Å². The van der Waals surface area contributed by atoms with E-state index in [1.807, 2.05) is 30.0 Å². The quantitative estimate of drug-likeness (QED) is 0.480. The van der Waals surface area contributed by atoms with E-state index in [1.165, 1.54) is 5.56 Å². The van der Waals surface area contributed by atoms with Crippen LogP contribution in [0.3, 0.4) is 0 Å². The van der Waals surface area contributed by atoms with E-state index in [9.17, 15) is 9.59 Å². The number of urea groups is 1. The van der Waals surface area contributed by atoms with Crippen molar-refractivity contribution in [1.29, 1.82) is 0 Å². The topological polar surface area (TPSA) is 119 Å². The Balaban J connectivity index is 1.23. The maximum atomic E-state index is 13.2. The highest BCUT2D eigenvalue weighted by Gasteiger charge is 2.47. The summed E-state index contributed by atoms with van der Waals surface area (Å²) in [5.41, 5.74) is 5.14. The third-order valence-corrected chi connectivity index (χ3v) is 7.87. The number of methoxy groups -OCH3 is 1. The van der Waals surface area contributed by atoms with Gasteiger partial charge in [-0.1, -0.05) is 29.4 Å². The van der Waals surface area contributed by atoms with Gasteiger partial charge in [-0.05, 0) is 66.6 Å². The van der Waals surface area contributed by atoms with Crippen LogP contribution in [0.15, 0.2) is 40.9 Å². The van der Waals surface area contributed by atoms with Crippen molar-refractivity contribution < 1.29 is 23.6 Å². The number of fused-ring (bicyclic) bond motifs is 1. The Morgan fingerprint density at radius 2 is 2.05 bits per heavy atom. The second-order valence-corrected chi connectivity index (χ2v) is 11.0. The molecule has 1 saturated carbocycles. The fraction of sp³-hybridized carbons (Fsp3) is 0.448. The zero-order chi connectivity index (χ0) is 27.1. The summed E-state index contributed by atoms with van der Waals surface area (Å²) in [5.74, 6) is 1.69. The second-order valence-electron chi connectivity index (χ2n) is 11.0. The average molecular weight is 532 g/mol. The van der Waals surface area contributed by atoms with Crippen LogP contribution >= 0.6 is 0 Å². The van der Waals surface area contributed by atoms with Gasteiger partial charge in [0.1, 0.15) is 5.75 Å². The summed E-state index contributed by atoms with van der Waals surface area (Å²) >= 11 is 0. The standard InChI is InChI=1S/C29H33N5O5/c1-17-31-27(39-33-17)24-12-23(24)26(35)30-13-19-7-8-21(18-5-4-6-20(11-18)37-3)22-9-10-34(14-25(19)22)28(36)32-29(2)15-38-16-29/h4-8,11,23-24H,9-10,12-16H2,1-3H3,(H,30,35)(H,32,36)/t23-,24+/m1/s1. The van der Waals surface area contributed by atoms with Crippen LogP contribution in [0, 0.1) is 12.8 Å². The molecule has 3 heterocycles. The highest BCUT2D eigenvalue weighted by molar-refractivity contribution is 5.83. The van der Waals surface area contributed by atoms with Gasteiger partial charge in [-0.3, -0.25) is 4.79 Å². The molecule has 10 nitrogen and oxygen atoms in total. The number of nitrogens with zero attached hydrogens (tertiary/aromatic N) is 3. The van der Waals surface area contributed by atoms with Crippen molar-refractivity contribution in [3.05, 3.63) is 64.8 Å². The van der Waals surface area contributed by atoms with Crippen molar-refractivity contribution >= 4 is 11.9 Å². The molecule has 3 aliphatic rings. The molecule has 2 atom stereocenters. The normalized spacial score (nSPS) is 20.9. The van der Waals surface area contributed by atoms with Crippen LogP contribution in [0.1, 0.15) is 47.7 Å². The Hall–Kier alpha value is -3.92. The number of aromatic nitrogens is 2. The van der Waals surface area contributed by atoms with Gasteiger partial charge in [0.15, 0.2) is 5.82 Å². The first-order chi connectivity index (χ1) is 18.8. The van der Waals surface area contributed by atoms with E-state index in [-0.39, 0.29) is 29.3 Å². The van der Waals surface area contributed by atoms with Crippen LogP contribution < -0.4 is 15.4 Å². The van der Waals surface area contributed by atoms with Gasteiger partial charge in [-0.2, -0.15) is 4.98 Å². The number of carbonyl (C=O) groups excluding carboxylic acids is 2. The number of carbonyl (C=O) groups is 2. The van der Waals surface area contributed by atoms with Gasteiger partial charge in [-0.25, -0.2) is 4.79 Å². The number of amides is 3. The highest BCUT2D eigenvalue weighted by atomic mass is 16.5. The first kappa shape index (κ1) is 25.4. The molecule has 39 heavy (non-hydrogen) atoms. The summed E-state index contributed by atoms with van der Waals surface area (Å²) in [4.78, 5) is 32.2. The number of hydrogen-bond donors (Lipinski definition) is 2. The van der Waals surface area contributed by atoms with Gasteiger partial charge in [0.2, 0.25) is 11.8 Å². The van der Waals surface area contributed by atoms with Gasteiger partial charge in [0.05, 0.1) is 37.7 Å². The zero-order valence-corrected chi connectivity index (χ0v) is 22.5. The monoisotopic (exact) mass is 531 g/mol. The third-order valence-electron chi connectivity index (χ3n) is 7.87. The number of rotatable bonds is 7. The molecule has 10 heteroatoms. The molecular formula is C29H33N5O5. The molecule has 3 aromatic rings. The van der Waals surface area contributed by atoms with Gasteiger partial charge in [-0.15, -0.1) is 0 Å². The van der Waals surface area contributed by atoms with Crippen molar-refractivity contribution in [2.24, 2.45) is 5.92 Å². The molecule has 2 aromatic carbocycles. The fourth-order valence-corrected chi connectivity index (χ4v) is 5.49. The van der Waals surface area contributed by atoms with Gasteiger partial charge in [0, 0.05) is 19.6 Å². The van der Waals surface area contributed by atoms with Crippen LogP contribution in [0.2, 0.25) is 0 Å². The number of ether oxygens (including phenoxy) is 2. The molecule has 0 unspecified atom stereocenters.